The van der Waals surface area contributed by atoms with Gasteiger partial charge in [-0.3, -0.25) is 0 Å². The fourth-order valence-electron chi connectivity index (χ4n) is 2.91. The van der Waals surface area contributed by atoms with Crippen molar-refractivity contribution in [2.24, 2.45) is 5.73 Å². The molecule has 0 saturated heterocycles. The molecular weight excluding hydrogens is 222 g/mol. The predicted molar refractivity (Wildman–Crippen MR) is 74.5 cm³/mol. The first-order chi connectivity index (χ1) is 8.78. The molecule has 0 bridgehead atoms. The maximum Gasteiger partial charge on any atom is 0.110 e. The Morgan fingerprint density at radius 3 is 2.89 bits per heavy atom. The van der Waals surface area contributed by atoms with Gasteiger partial charge in [0.2, 0.25) is 0 Å². The van der Waals surface area contributed by atoms with Gasteiger partial charge < -0.3 is 10.7 Å². The lowest BCUT2D eigenvalue weighted by Gasteiger charge is -2.08. The molecule has 3 N–H and O–H groups in total. The van der Waals surface area contributed by atoms with Gasteiger partial charge in [-0.2, -0.15) is 0 Å². The summed E-state index contributed by atoms with van der Waals surface area (Å²) in [4.78, 5) is 8.21. The fourth-order valence-corrected chi connectivity index (χ4v) is 2.91. The molecule has 1 heterocycles. The molecule has 96 valence electrons. The van der Waals surface area contributed by atoms with E-state index in [1.807, 2.05) is 0 Å². The van der Waals surface area contributed by atoms with Gasteiger partial charge in [0.1, 0.15) is 5.82 Å². The number of nitrogens with one attached hydrogen (secondary N) is 1. The number of nitrogens with zero attached hydrogens (tertiary/aromatic N) is 1. The number of hydrogen-bond acceptors (Lipinski definition) is 2. The SMILES string of the molecule is CCC(N)c1ccc2nc(C3CCCC3)[nH]c2c1. The Kier molecular flexibility index (Phi) is 3.08. The van der Waals surface area contributed by atoms with E-state index >= 15 is 0 Å². The van der Waals surface area contributed by atoms with Crippen molar-refractivity contribution in [3.63, 3.8) is 0 Å². The number of hydrogen-bond donors (Lipinski definition) is 2. The Labute approximate surface area is 108 Å². The summed E-state index contributed by atoms with van der Waals surface area (Å²) in [6, 6.07) is 6.49. The van der Waals surface area contributed by atoms with Gasteiger partial charge in [0.15, 0.2) is 0 Å². The minimum atomic E-state index is 0.132. The second kappa shape index (κ2) is 4.73. The van der Waals surface area contributed by atoms with E-state index in [9.17, 15) is 0 Å². The molecule has 0 aliphatic heterocycles. The first-order valence-corrected chi connectivity index (χ1v) is 7.03. The minimum Gasteiger partial charge on any atom is -0.342 e. The Balaban J connectivity index is 1.96. The predicted octanol–water partition coefficient (Wildman–Crippen LogP) is 3.63. The molecule has 3 heteroatoms. The standard InChI is InChI=1S/C15H21N3/c1-2-12(16)11-7-8-13-14(9-11)18-15(17-13)10-5-3-4-6-10/h7-10,12H,2-6,16H2,1H3,(H,17,18). The molecule has 0 amide bonds. The summed E-state index contributed by atoms with van der Waals surface area (Å²) in [5, 5.41) is 0. The van der Waals surface area contributed by atoms with Crippen LogP contribution < -0.4 is 5.73 Å². The highest BCUT2D eigenvalue weighted by atomic mass is 14.9. The van der Waals surface area contributed by atoms with Crippen molar-refractivity contribution >= 4 is 11.0 Å². The van der Waals surface area contributed by atoms with Crippen molar-refractivity contribution in [3.05, 3.63) is 29.6 Å². The van der Waals surface area contributed by atoms with Crippen molar-refractivity contribution in [1.29, 1.82) is 0 Å². The fraction of sp³-hybridized carbons (Fsp3) is 0.533. The van der Waals surface area contributed by atoms with Crippen LogP contribution in [0.4, 0.5) is 0 Å². The van der Waals surface area contributed by atoms with Crippen LogP contribution in [0.15, 0.2) is 18.2 Å². The van der Waals surface area contributed by atoms with E-state index in [1.165, 1.54) is 37.1 Å². The van der Waals surface area contributed by atoms with E-state index in [2.05, 4.69) is 30.1 Å². The van der Waals surface area contributed by atoms with Gasteiger partial charge in [0.25, 0.3) is 0 Å². The third-order valence-electron chi connectivity index (χ3n) is 4.13. The van der Waals surface area contributed by atoms with Crippen LogP contribution in [0.5, 0.6) is 0 Å². The molecule has 1 unspecified atom stereocenters. The topological polar surface area (TPSA) is 54.7 Å². The number of nitrogens with two attached hydrogens (primary N) is 1. The van der Waals surface area contributed by atoms with E-state index in [-0.39, 0.29) is 6.04 Å². The first-order valence-electron chi connectivity index (χ1n) is 7.03. The zero-order chi connectivity index (χ0) is 12.5. The van der Waals surface area contributed by atoms with E-state index in [4.69, 9.17) is 10.7 Å². The first kappa shape index (κ1) is 11.7. The maximum absolute atomic E-state index is 6.08. The summed E-state index contributed by atoms with van der Waals surface area (Å²) in [5.74, 6) is 1.81. The zero-order valence-electron chi connectivity index (χ0n) is 10.9. The molecule has 3 rings (SSSR count). The molecule has 18 heavy (non-hydrogen) atoms. The number of aromatic amines is 1. The molecule has 1 saturated carbocycles. The third kappa shape index (κ3) is 2.03. The average molecular weight is 243 g/mol. The molecule has 0 spiro atoms. The van der Waals surface area contributed by atoms with Gasteiger partial charge in [-0.1, -0.05) is 25.8 Å². The lowest BCUT2D eigenvalue weighted by atomic mass is 10.1. The molecule has 1 aromatic heterocycles. The van der Waals surface area contributed by atoms with Gasteiger partial charge >= 0.3 is 0 Å². The van der Waals surface area contributed by atoms with Gasteiger partial charge in [-0.05, 0) is 37.0 Å². The van der Waals surface area contributed by atoms with Crippen molar-refractivity contribution < 1.29 is 0 Å². The van der Waals surface area contributed by atoms with Gasteiger partial charge in [0, 0.05) is 12.0 Å². The number of rotatable bonds is 3. The molecular formula is C15H21N3. The van der Waals surface area contributed by atoms with Crippen LogP contribution >= 0.6 is 0 Å². The van der Waals surface area contributed by atoms with E-state index in [0.717, 1.165) is 17.5 Å². The molecule has 1 aliphatic carbocycles. The van der Waals surface area contributed by atoms with Crippen LogP contribution in [-0.2, 0) is 0 Å². The summed E-state index contributed by atoms with van der Waals surface area (Å²) in [5.41, 5.74) is 9.49. The summed E-state index contributed by atoms with van der Waals surface area (Å²) >= 11 is 0. The molecule has 1 fully saturated rings. The van der Waals surface area contributed by atoms with Crippen LogP contribution in [-0.4, -0.2) is 9.97 Å². The third-order valence-corrected chi connectivity index (χ3v) is 4.13. The molecule has 0 radical (unpaired) electrons. The normalized spacial score (nSPS) is 18.6. The highest BCUT2D eigenvalue weighted by Gasteiger charge is 2.20. The minimum absolute atomic E-state index is 0.132. The Morgan fingerprint density at radius 1 is 1.39 bits per heavy atom. The summed E-state index contributed by atoms with van der Waals surface area (Å²) in [6.45, 7) is 2.12. The molecule has 3 nitrogen and oxygen atoms in total. The molecule has 1 aromatic carbocycles. The molecule has 1 aliphatic rings. The van der Waals surface area contributed by atoms with Crippen LogP contribution in [0.1, 0.15) is 62.4 Å². The smallest absolute Gasteiger partial charge is 0.110 e. The van der Waals surface area contributed by atoms with Crippen molar-refractivity contribution in [1.82, 2.24) is 9.97 Å². The van der Waals surface area contributed by atoms with Crippen LogP contribution in [0.3, 0.4) is 0 Å². The maximum atomic E-state index is 6.08. The Hall–Kier alpha value is -1.35. The van der Waals surface area contributed by atoms with Crippen molar-refractivity contribution in [3.8, 4) is 0 Å². The second-order valence-corrected chi connectivity index (χ2v) is 5.39. The van der Waals surface area contributed by atoms with Crippen molar-refractivity contribution in [2.75, 3.05) is 0 Å². The number of imidazole rings is 1. The second-order valence-electron chi connectivity index (χ2n) is 5.39. The van der Waals surface area contributed by atoms with Gasteiger partial charge in [-0.25, -0.2) is 4.98 Å². The van der Waals surface area contributed by atoms with E-state index < -0.39 is 0 Å². The number of benzene rings is 1. The van der Waals surface area contributed by atoms with Gasteiger partial charge in [-0.15, -0.1) is 0 Å². The zero-order valence-corrected chi connectivity index (χ0v) is 10.9. The Bertz CT molecular complexity index is 538. The Morgan fingerprint density at radius 2 is 2.17 bits per heavy atom. The summed E-state index contributed by atoms with van der Waals surface area (Å²) < 4.78 is 0. The quantitative estimate of drug-likeness (QED) is 0.864. The molecule has 2 aromatic rings. The van der Waals surface area contributed by atoms with Crippen molar-refractivity contribution in [2.45, 2.75) is 51.0 Å². The number of H-pyrrole nitrogens is 1. The largest absolute Gasteiger partial charge is 0.342 e. The van der Waals surface area contributed by atoms with E-state index in [1.54, 1.807) is 0 Å². The van der Waals surface area contributed by atoms with Gasteiger partial charge in [0.05, 0.1) is 11.0 Å². The highest BCUT2D eigenvalue weighted by molar-refractivity contribution is 5.76. The average Bonchev–Trinajstić information content (AvgIpc) is 3.04. The van der Waals surface area contributed by atoms with Crippen LogP contribution in [0.2, 0.25) is 0 Å². The number of fused-ring (bicyclic) bond motifs is 1. The summed E-state index contributed by atoms with van der Waals surface area (Å²) in [7, 11) is 0. The highest BCUT2D eigenvalue weighted by Crippen LogP contribution is 2.33. The van der Waals surface area contributed by atoms with E-state index in [0.29, 0.717) is 5.92 Å². The van der Waals surface area contributed by atoms with Crippen LogP contribution in [0.25, 0.3) is 11.0 Å². The lowest BCUT2D eigenvalue weighted by Crippen LogP contribution is -2.08. The monoisotopic (exact) mass is 243 g/mol. The molecule has 1 atom stereocenters. The van der Waals surface area contributed by atoms with Crippen LogP contribution in [0, 0.1) is 0 Å². The lowest BCUT2D eigenvalue weighted by molar-refractivity contribution is 0.681. The summed E-state index contributed by atoms with van der Waals surface area (Å²) in [6.07, 6.45) is 6.21. The number of aromatic nitrogens is 2.